The van der Waals surface area contributed by atoms with Crippen molar-refractivity contribution in [1.82, 2.24) is 0 Å². The average Bonchev–Trinajstić information content (AvgIpc) is 2.63. The second-order valence-electron chi connectivity index (χ2n) is 5.62. The van der Waals surface area contributed by atoms with Gasteiger partial charge in [-0.1, -0.05) is 145 Å². The lowest BCUT2D eigenvalue weighted by Gasteiger charge is -1.88. The van der Waals surface area contributed by atoms with E-state index in [1.54, 1.807) is 0 Å². The number of rotatable bonds is 0. The first-order chi connectivity index (χ1) is 12.8. The lowest BCUT2D eigenvalue weighted by molar-refractivity contribution is 1.50. The largest absolute Gasteiger partial charge is 0.0623 e. The van der Waals surface area contributed by atoms with Crippen LogP contribution >= 0.6 is 0 Å². The van der Waals surface area contributed by atoms with Crippen LogP contribution in [0.1, 0.15) is 13.8 Å². The lowest BCUT2D eigenvalue weighted by Crippen LogP contribution is -1.67. The monoisotopic (exact) mass is 340 g/mol. The molecular formula is C26H28. The van der Waals surface area contributed by atoms with Crippen molar-refractivity contribution in [3.63, 3.8) is 0 Å². The second-order valence-corrected chi connectivity index (χ2v) is 5.62. The smallest absolute Gasteiger partial charge is 0.0398 e. The third-order valence-corrected chi connectivity index (χ3v) is 3.21. The summed E-state index contributed by atoms with van der Waals surface area (Å²) in [6, 6.07) is 0. The fraction of sp³-hybridized carbons (Fsp3) is 0.0769. The highest BCUT2D eigenvalue weighted by Crippen LogP contribution is 1.99. The molecule has 0 radical (unpaired) electrons. The van der Waals surface area contributed by atoms with E-state index in [0.29, 0.717) is 0 Å². The van der Waals surface area contributed by atoms with E-state index < -0.39 is 0 Å². The zero-order valence-corrected chi connectivity index (χ0v) is 15.7. The molecule has 0 aliphatic heterocycles. The quantitative estimate of drug-likeness (QED) is 0.429. The first-order valence-corrected chi connectivity index (χ1v) is 8.82. The minimum absolute atomic E-state index is 1.21. The summed E-state index contributed by atoms with van der Waals surface area (Å²) in [5.41, 5.74) is 2.41. The van der Waals surface area contributed by atoms with Crippen molar-refractivity contribution in [2.24, 2.45) is 0 Å². The molecule has 0 aromatic heterocycles. The summed E-state index contributed by atoms with van der Waals surface area (Å²) in [5.74, 6) is 0. The molecule has 0 spiro atoms. The van der Waals surface area contributed by atoms with Crippen LogP contribution in [0.5, 0.6) is 0 Å². The summed E-state index contributed by atoms with van der Waals surface area (Å²) >= 11 is 0. The summed E-state index contributed by atoms with van der Waals surface area (Å²) in [4.78, 5) is 0. The summed E-state index contributed by atoms with van der Waals surface area (Å²) in [5, 5.41) is 0. The fourth-order valence-corrected chi connectivity index (χ4v) is 1.84. The van der Waals surface area contributed by atoms with Gasteiger partial charge in [-0.05, 0) is 13.8 Å². The highest BCUT2D eigenvalue weighted by molar-refractivity contribution is 5.30. The molecule has 0 fully saturated rings. The highest BCUT2D eigenvalue weighted by Gasteiger charge is 1.78. The van der Waals surface area contributed by atoms with E-state index in [2.05, 4.69) is 50.3 Å². The van der Waals surface area contributed by atoms with Crippen LogP contribution in [0.3, 0.4) is 0 Å². The van der Waals surface area contributed by atoms with E-state index in [1.807, 2.05) is 97.2 Å². The Kier molecular flexibility index (Phi) is 12.4. The van der Waals surface area contributed by atoms with Crippen LogP contribution in [0.2, 0.25) is 0 Å². The predicted molar refractivity (Wildman–Crippen MR) is 119 cm³/mol. The van der Waals surface area contributed by atoms with Gasteiger partial charge < -0.3 is 0 Å². The van der Waals surface area contributed by atoms with Crippen molar-refractivity contribution >= 4 is 0 Å². The van der Waals surface area contributed by atoms with E-state index in [-0.39, 0.29) is 0 Å². The van der Waals surface area contributed by atoms with Gasteiger partial charge in [0, 0.05) is 0 Å². The van der Waals surface area contributed by atoms with Crippen molar-refractivity contribution in [3.8, 4) is 0 Å². The molecular weight excluding hydrogens is 312 g/mol. The molecule has 0 bridgehead atoms. The van der Waals surface area contributed by atoms with Crippen molar-refractivity contribution in [2.75, 3.05) is 0 Å². The molecule has 0 heteroatoms. The van der Waals surface area contributed by atoms with Gasteiger partial charge in [-0.15, -0.1) is 0 Å². The molecule has 0 heterocycles. The van der Waals surface area contributed by atoms with E-state index in [9.17, 15) is 0 Å². The minimum Gasteiger partial charge on any atom is -0.0623 e. The van der Waals surface area contributed by atoms with E-state index in [0.717, 1.165) is 0 Å². The Morgan fingerprint density at radius 1 is 0.308 bits per heavy atom. The molecule has 0 aromatic carbocycles. The molecule has 1 aliphatic rings. The zero-order valence-electron chi connectivity index (χ0n) is 15.7. The van der Waals surface area contributed by atoms with Gasteiger partial charge in [0.25, 0.3) is 0 Å². The second kappa shape index (κ2) is 15.4. The zero-order chi connectivity index (χ0) is 18.7. The van der Waals surface area contributed by atoms with E-state index in [1.165, 1.54) is 11.1 Å². The first kappa shape index (κ1) is 20.9. The number of hydrogen-bond donors (Lipinski definition) is 0. The molecule has 1 rings (SSSR count). The standard InChI is InChI=1S/C26H28/c1-25-21-17-15-13-11-9-7-5-3-4-6-8-10-12-14-16-18-22-26(2)24-20-19-23-25/h3-24H,1-2H3. The molecule has 0 saturated carbocycles. The summed E-state index contributed by atoms with van der Waals surface area (Å²) in [7, 11) is 0. The maximum absolute atomic E-state index is 2.10. The molecule has 0 nitrogen and oxygen atoms in total. The summed E-state index contributed by atoms with van der Waals surface area (Å²) in [6.07, 6.45) is 44.7. The molecule has 0 saturated heterocycles. The van der Waals surface area contributed by atoms with Gasteiger partial charge in [0.15, 0.2) is 0 Å². The minimum atomic E-state index is 1.21. The van der Waals surface area contributed by atoms with Crippen LogP contribution in [0.25, 0.3) is 0 Å². The lowest BCUT2D eigenvalue weighted by atomic mass is 10.2. The van der Waals surface area contributed by atoms with Gasteiger partial charge in [0.1, 0.15) is 0 Å². The molecule has 0 aromatic rings. The van der Waals surface area contributed by atoms with Crippen LogP contribution in [-0.4, -0.2) is 0 Å². The van der Waals surface area contributed by atoms with Gasteiger partial charge in [-0.2, -0.15) is 0 Å². The normalized spacial score (nSPS) is 16.5. The SMILES string of the molecule is CC1=CC=CC=C(C)C=CC=CC=CC=CC=CC=CC=CC=CC=C1. The molecule has 0 N–H and O–H groups in total. The molecule has 26 heavy (non-hydrogen) atoms. The van der Waals surface area contributed by atoms with Crippen molar-refractivity contribution < 1.29 is 0 Å². The third-order valence-electron chi connectivity index (χ3n) is 3.21. The van der Waals surface area contributed by atoms with Gasteiger partial charge in [0.05, 0.1) is 0 Å². The molecule has 0 amide bonds. The van der Waals surface area contributed by atoms with Crippen molar-refractivity contribution in [3.05, 3.63) is 145 Å². The average molecular weight is 341 g/mol. The fourth-order valence-electron chi connectivity index (χ4n) is 1.84. The van der Waals surface area contributed by atoms with Crippen LogP contribution < -0.4 is 0 Å². The predicted octanol–water partition coefficient (Wildman–Crippen LogP) is 7.45. The van der Waals surface area contributed by atoms with Crippen molar-refractivity contribution in [1.29, 1.82) is 0 Å². The summed E-state index contributed by atoms with van der Waals surface area (Å²) in [6.45, 7) is 4.18. The Morgan fingerprint density at radius 3 is 0.808 bits per heavy atom. The van der Waals surface area contributed by atoms with Gasteiger partial charge in [-0.25, -0.2) is 0 Å². The van der Waals surface area contributed by atoms with E-state index >= 15 is 0 Å². The molecule has 132 valence electrons. The Labute approximate surface area is 159 Å². The highest BCUT2D eigenvalue weighted by atomic mass is 13.8. The number of hydrogen-bond acceptors (Lipinski definition) is 0. The summed E-state index contributed by atoms with van der Waals surface area (Å²) < 4.78 is 0. The van der Waals surface area contributed by atoms with Crippen molar-refractivity contribution in [2.45, 2.75) is 13.8 Å². The Hall–Kier alpha value is -3.12. The van der Waals surface area contributed by atoms with Gasteiger partial charge in [-0.3, -0.25) is 0 Å². The third kappa shape index (κ3) is 13.3. The molecule has 1 aliphatic carbocycles. The van der Waals surface area contributed by atoms with Crippen LogP contribution in [0.15, 0.2) is 145 Å². The molecule has 0 atom stereocenters. The van der Waals surface area contributed by atoms with Gasteiger partial charge >= 0.3 is 0 Å². The van der Waals surface area contributed by atoms with Crippen LogP contribution in [-0.2, 0) is 0 Å². The Morgan fingerprint density at radius 2 is 0.538 bits per heavy atom. The number of allylic oxidation sites excluding steroid dienone is 24. The van der Waals surface area contributed by atoms with E-state index in [4.69, 9.17) is 0 Å². The van der Waals surface area contributed by atoms with Gasteiger partial charge in [0.2, 0.25) is 0 Å². The first-order valence-electron chi connectivity index (χ1n) is 8.82. The topological polar surface area (TPSA) is 0 Å². The Bertz CT molecular complexity index is 682. The Balaban J connectivity index is 2.83. The maximum Gasteiger partial charge on any atom is -0.0398 e. The van der Waals surface area contributed by atoms with Crippen LogP contribution in [0.4, 0.5) is 0 Å². The van der Waals surface area contributed by atoms with Crippen LogP contribution in [0, 0.1) is 0 Å². The molecule has 0 unspecified atom stereocenters. The maximum atomic E-state index is 2.10.